The van der Waals surface area contributed by atoms with Crippen molar-refractivity contribution in [3.8, 4) is 5.75 Å². The topological polar surface area (TPSA) is 201 Å². The van der Waals surface area contributed by atoms with Crippen LogP contribution < -0.4 is 20.9 Å². The minimum atomic E-state index is -4.41. The minimum Gasteiger partial charge on any atom is -0.468 e. The van der Waals surface area contributed by atoms with E-state index < -0.39 is 60.5 Å². The van der Waals surface area contributed by atoms with Gasteiger partial charge >= 0.3 is 19.4 Å². The van der Waals surface area contributed by atoms with E-state index in [-0.39, 0.29) is 23.4 Å². The third-order valence-corrected chi connectivity index (χ3v) is 7.58. The quantitative estimate of drug-likeness (QED) is 0.141. The van der Waals surface area contributed by atoms with Crippen LogP contribution in [0.25, 0.3) is 6.08 Å². The molecule has 4 atom stereocenters. The second kappa shape index (κ2) is 12.4. The zero-order valence-corrected chi connectivity index (χ0v) is 23.4. The number of hydrogen-bond donors (Lipinski definition) is 3. The Kier molecular flexibility index (Phi) is 9.64. The Morgan fingerprint density at radius 2 is 2.05 bits per heavy atom. The molecule has 1 saturated heterocycles. The van der Waals surface area contributed by atoms with Crippen molar-refractivity contribution in [1.29, 1.82) is 0 Å². The standard InChI is InChI=1S/C22H26BrN4O11P/c1-22(2,20(30)35-3)25-39(34,38-15-6-4-14(5-7-15)27(32)33)36-12-17-16(28)10-18(37-17)26-11-13(8-9-23)19(29)24-21(26)31/h4-9,11,16-18,28H,10,12H2,1-3H3,(H,25,34)(H,24,29,31)/b9-8+/t16?,17-,18-,39?/m1/s1. The summed E-state index contributed by atoms with van der Waals surface area (Å²) >= 11 is 3.06. The van der Waals surface area contributed by atoms with Crippen LogP contribution in [0.5, 0.6) is 5.75 Å². The molecule has 2 heterocycles. The lowest BCUT2D eigenvalue weighted by Crippen LogP contribution is -2.47. The Morgan fingerprint density at radius 3 is 2.64 bits per heavy atom. The zero-order valence-electron chi connectivity index (χ0n) is 20.9. The lowest BCUT2D eigenvalue weighted by molar-refractivity contribution is -0.384. The van der Waals surface area contributed by atoms with Gasteiger partial charge in [0.25, 0.3) is 11.2 Å². The van der Waals surface area contributed by atoms with E-state index in [0.717, 1.165) is 23.8 Å². The van der Waals surface area contributed by atoms with Gasteiger partial charge in [0.1, 0.15) is 23.6 Å². The number of hydrogen-bond acceptors (Lipinski definition) is 11. The fourth-order valence-electron chi connectivity index (χ4n) is 3.60. The summed E-state index contributed by atoms with van der Waals surface area (Å²) in [6.45, 7) is 2.22. The molecule has 15 nitrogen and oxygen atoms in total. The number of benzene rings is 1. The molecule has 3 rings (SSSR count). The van der Waals surface area contributed by atoms with Gasteiger partial charge in [-0.3, -0.25) is 33.8 Å². The molecule has 1 fully saturated rings. The van der Waals surface area contributed by atoms with Gasteiger partial charge in [-0.2, -0.15) is 5.09 Å². The number of esters is 1. The van der Waals surface area contributed by atoms with Crippen LogP contribution >= 0.6 is 23.7 Å². The minimum absolute atomic E-state index is 0.0635. The zero-order chi connectivity index (χ0) is 29.0. The van der Waals surface area contributed by atoms with Crippen molar-refractivity contribution < 1.29 is 37.9 Å². The summed E-state index contributed by atoms with van der Waals surface area (Å²) in [4.78, 5) is 50.4. The second-order valence-electron chi connectivity index (χ2n) is 8.84. The fraction of sp³-hybridized carbons (Fsp3) is 0.409. The van der Waals surface area contributed by atoms with Crippen LogP contribution in [0.3, 0.4) is 0 Å². The van der Waals surface area contributed by atoms with E-state index in [9.17, 15) is 34.2 Å². The van der Waals surface area contributed by atoms with Gasteiger partial charge in [0.2, 0.25) is 0 Å². The summed E-state index contributed by atoms with van der Waals surface area (Å²) in [6.07, 6.45) is -0.642. The predicted molar refractivity (Wildman–Crippen MR) is 140 cm³/mol. The molecular formula is C22H26BrN4O11P. The summed E-state index contributed by atoms with van der Waals surface area (Å²) in [5, 5.41) is 24.0. The molecule has 0 aliphatic carbocycles. The molecule has 17 heteroatoms. The molecule has 0 radical (unpaired) electrons. The number of non-ortho nitro benzene ring substituents is 1. The third kappa shape index (κ3) is 7.50. The van der Waals surface area contributed by atoms with Gasteiger partial charge in [-0.25, -0.2) is 9.36 Å². The normalized spacial score (nSPS) is 21.0. The monoisotopic (exact) mass is 632 g/mol. The van der Waals surface area contributed by atoms with E-state index in [2.05, 4.69) is 26.0 Å². The smallest absolute Gasteiger partial charge is 0.459 e. The molecule has 0 bridgehead atoms. The predicted octanol–water partition coefficient (Wildman–Crippen LogP) is 2.20. The largest absolute Gasteiger partial charge is 0.468 e. The van der Waals surface area contributed by atoms with Gasteiger partial charge in [-0.05, 0) is 37.0 Å². The molecule has 2 aromatic rings. The summed E-state index contributed by atoms with van der Waals surface area (Å²) < 4.78 is 36.3. The summed E-state index contributed by atoms with van der Waals surface area (Å²) in [5.74, 6) is -0.864. The van der Waals surface area contributed by atoms with Crippen LogP contribution in [0.1, 0.15) is 32.1 Å². The second-order valence-corrected chi connectivity index (χ2v) is 11.0. The molecule has 1 aromatic heterocycles. The highest BCUT2D eigenvalue weighted by molar-refractivity contribution is 9.11. The Balaban J connectivity index is 1.81. The maximum absolute atomic E-state index is 13.7. The number of aliphatic hydroxyl groups excluding tert-OH is 1. The van der Waals surface area contributed by atoms with Crippen LogP contribution in [-0.2, 0) is 23.4 Å². The van der Waals surface area contributed by atoms with Crippen molar-refractivity contribution in [2.45, 2.75) is 44.2 Å². The number of nitro benzene ring substituents is 1. The first kappa shape index (κ1) is 30.4. The first-order valence-corrected chi connectivity index (χ1v) is 13.8. The van der Waals surface area contributed by atoms with Crippen molar-refractivity contribution in [3.05, 3.63) is 72.0 Å². The van der Waals surface area contributed by atoms with Crippen LogP contribution in [0.15, 0.2) is 45.0 Å². The average Bonchev–Trinajstić information content (AvgIpc) is 3.24. The molecule has 0 saturated carbocycles. The Labute approximate surface area is 229 Å². The van der Waals surface area contributed by atoms with Crippen LogP contribution in [0.2, 0.25) is 0 Å². The number of methoxy groups -OCH3 is 1. The molecule has 0 spiro atoms. The molecule has 1 aliphatic rings. The van der Waals surface area contributed by atoms with Gasteiger partial charge in [0.15, 0.2) is 0 Å². The van der Waals surface area contributed by atoms with Crippen molar-refractivity contribution in [3.63, 3.8) is 0 Å². The van der Waals surface area contributed by atoms with Gasteiger partial charge in [-0.1, -0.05) is 15.9 Å². The number of halogens is 1. The van der Waals surface area contributed by atoms with E-state index in [4.69, 9.17) is 18.5 Å². The van der Waals surface area contributed by atoms with Crippen molar-refractivity contribution >= 4 is 41.4 Å². The van der Waals surface area contributed by atoms with E-state index >= 15 is 0 Å². The number of aliphatic hydroxyl groups is 1. The molecule has 1 aliphatic heterocycles. The number of nitrogens with zero attached hydrogens (tertiary/aromatic N) is 2. The van der Waals surface area contributed by atoms with E-state index in [1.165, 1.54) is 43.2 Å². The average molecular weight is 633 g/mol. The first-order chi connectivity index (χ1) is 18.3. The van der Waals surface area contributed by atoms with E-state index in [1.807, 2.05) is 0 Å². The van der Waals surface area contributed by atoms with Crippen molar-refractivity contribution in [1.82, 2.24) is 14.6 Å². The molecule has 212 valence electrons. The number of carbonyl (C=O) groups is 1. The maximum Gasteiger partial charge on any atom is 0.459 e. The molecule has 2 unspecified atom stereocenters. The summed E-state index contributed by atoms with van der Waals surface area (Å²) in [5.41, 5.74) is -3.03. The third-order valence-electron chi connectivity index (χ3n) is 5.55. The Bertz CT molecular complexity index is 1410. The number of H-pyrrole nitrogens is 1. The summed E-state index contributed by atoms with van der Waals surface area (Å²) in [7, 11) is -3.28. The van der Waals surface area contributed by atoms with Gasteiger partial charge in [0.05, 0.1) is 30.3 Å². The lowest BCUT2D eigenvalue weighted by atomic mass is 10.1. The van der Waals surface area contributed by atoms with Gasteiger partial charge < -0.3 is 19.1 Å². The van der Waals surface area contributed by atoms with Crippen LogP contribution in [-0.4, -0.2) is 57.0 Å². The van der Waals surface area contributed by atoms with E-state index in [0.29, 0.717) is 0 Å². The maximum atomic E-state index is 13.7. The number of nitro groups is 1. The Morgan fingerprint density at radius 1 is 1.38 bits per heavy atom. The highest BCUT2D eigenvalue weighted by Gasteiger charge is 2.43. The molecule has 3 N–H and O–H groups in total. The van der Waals surface area contributed by atoms with Crippen LogP contribution in [0.4, 0.5) is 5.69 Å². The number of aromatic amines is 1. The summed E-state index contributed by atoms with van der Waals surface area (Å²) in [6, 6.07) is 4.64. The first-order valence-electron chi connectivity index (χ1n) is 11.3. The van der Waals surface area contributed by atoms with E-state index in [1.54, 1.807) is 0 Å². The molecule has 39 heavy (non-hydrogen) atoms. The SMILES string of the molecule is COC(=O)C(C)(C)NP(=O)(OC[C@H]1O[C@@H](n2cc(/C=C/Br)c(=O)[nH]c2=O)CC1O)Oc1ccc([N+](=O)[O-])cc1. The molecular weight excluding hydrogens is 607 g/mol. The highest BCUT2D eigenvalue weighted by atomic mass is 79.9. The molecule has 1 aromatic carbocycles. The lowest BCUT2D eigenvalue weighted by Gasteiger charge is -2.29. The van der Waals surface area contributed by atoms with Crippen molar-refractivity contribution in [2.24, 2.45) is 0 Å². The van der Waals surface area contributed by atoms with Crippen molar-refractivity contribution in [2.75, 3.05) is 13.7 Å². The van der Waals surface area contributed by atoms with Crippen LogP contribution in [0, 0.1) is 10.1 Å². The highest BCUT2D eigenvalue weighted by Crippen LogP contribution is 2.47. The molecule has 0 amide bonds. The number of carbonyl (C=O) groups excluding carboxylic acids is 1. The number of nitrogens with one attached hydrogen (secondary N) is 2. The number of ether oxygens (including phenoxy) is 2. The fourth-order valence-corrected chi connectivity index (χ4v) is 5.57. The Hall–Kier alpha value is -3.14. The number of rotatable bonds is 11. The number of aromatic nitrogens is 2. The van der Waals surface area contributed by atoms with Gasteiger partial charge in [0, 0.05) is 24.8 Å². The van der Waals surface area contributed by atoms with Gasteiger partial charge in [-0.15, -0.1) is 0 Å².